The molecule has 6 nitrogen and oxygen atoms in total. The van der Waals surface area contributed by atoms with Crippen LogP contribution in [0.2, 0.25) is 0 Å². The second-order valence-corrected chi connectivity index (χ2v) is 7.09. The molecule has 1 aromatic heterocycles. The molecule has 2 aromatic rings. The van der Waals surface area contributed by atoms with E-state index in [0.29, 0.717) is 6.04 Å². The number of nitrogens with one attached hydrogen (secondary N) is 2. The van der Waals surface area contributed by atoms with Gasteiger partial charge >= 0.3 is 0 Å². The number of nitrogens with zero attached hydrogens (tertiary/aromatic N) is 3. The molecule has 2 unspecified atom stereocenters. The Labute approximate surface area is 148 Å². The van der Waals surface area contributed by atoms with Crippen LogP contribution in [0.1, 0.15) is 32.2 Å². The van der Waals surface area contributed by atoms with Gasteiger partial charge in [-0.1, -0.05) is 6.07 Å². The van der Waals surface area contributed by atoms with E-state index in [0.717, 1.165) is 24.0 Å². The van der Waals surface area contributed by atoms with E-state index >= 15 is 0 Å². The molecule has 2 N–H and O–H groups in total. The van der Waals surface area contributed by atoms with E-state index < -0.39 is 0 Å². The summed E-state index contributed by atoms with van der Waals surface area (Å²) in [6.45, 7) is 4.16. The lowest BCUT2D eigenvalue weighted by Crippen LogP contribution is -2.27. The van der Waals surface area contributed by atoms with Crippen LogP contribution in [0.3, 0.4) is 0 Å². The number of carbonyl (C=O) groups is 1. The molecule has 1 aliphatic heterocycles. The number of rotatable bonds is 6. The summed E-state index contributed by atoms with van der Waals surface area (Å²) in [5.41, 5.74) is 1.87. The van der Waals surface area contributed by atoms with Gasteiger partial charge in [0.15, 0.2) is 0 Å². The molecule has 1 aromatic carbocycles. The molecular weight excluding hydrogens is 314 g/mol. The van der Waals surface area contributed by atoms with Crippen molar-refractivity contribution in [2.75, 3.05) is 23.7 Å². The van der Waals surface area contributed by atoms with Gasteiger partial charge in [0.2, 0.25) is 5.91 Å². The normalized spacial score (nSPS) is 21.9. The van der Waals surface area contributed by atoms with E-state index in [1.165, 1.54) is 25.8 Å². The van der Waals surface area contributed by atoms with E-state index in [2.05, 4.69) is 26.7 Å². The second kappa shape index (κ2) is 6.88. The first-order valence-electron chi connectivity index (χ1n) is 9.10. The standard InChI is InChI=1S/C19H25N5O/c1-14(24-10-3-9-20-24)19(25)22-16-5-2-4-15(12-16)21-17-8-11-23(13-17)18-6-7-18/h2-5,9-10,12,14,17-18,21H,6-8,11,13H2,1H3,(H,22,25). The Balaban J connectivity index is 1.35. The van der Waals surface area contributed by atoms with Crippen LogP contribution >= 0.6 is 0 Å². The Morgan fingerprint density at radius 1 is 1.24 bits per heavy atom. The summed E-state index contributed by atoms with van der Waals surface area (Å²) in [6.07, 6.45) is 7.39. The second-order valence-electron chi connectivity index (χ2n) is 7.09. The zero-order valence-corrected chi connectivity index (χ0v) is 14.6. The molecule has 25 heavy (non-hydrogen) atoms. The lowest BCUT2D eigenvalue weighted by Gasteiger charge is -2.18. The third kappa shape index (κ3) is 3.85. The molecule has 132 valence electrons. The SMILES string of the molecule is CC(C(=O)Nc1cccc(NC2CCN(C3CC3)C2)c1)n1cccn1. The molecule has 2 atom stereocenters. The highest BCUT2D eigenvalue weighted by Crippen LogP contribution is 2.30. The Kier molecular flexibility index (Phi) is 4.44. The van der Waals surface area contributed by atoms with Gasteiger partial charge in [-0.15, -0.1) is 0 Å². The number of benzene rings is 1. The number of carbonyl (C=O) groups excluding carboxylic acids is 1. The molecule has 1 amide bonds. The summed E-state index contributed by atoms with van der Waals surface area (Å²) < 4.78 is 1.66. The smallest absolute Gasteiger partial charge is 0.248 e. The zero-order chi connectivity index (χ0) is 17.2. The molecule has 1 aliphatic carbocycles. The Hall–Kier alpha value is -2.34. The fourth-order valence-electron chi connectivity index (χ4n) is 3.48. The van der Waals surface area contributed by atoms with Crippen molar-refractivity contribution in [2.24, 2.45) is 0 Å². The van der Waals surface area contributed by atoms with Crippen molar-refractivity contribution in [3.63, 3.8) is 0 Å². The minimum Gasteiger partial charge on any atom is -0.381 e. The molecular formula is C19H25N5O. The topological polar surface area (TPSA) is 62.2 Å². The quantitative estimate of drug-likeness (QED) is 0.849. The first kappa shape index (κ1) is 16.1. The van der Waals surface area contributed by atoms with Crippen LogP contribution in [0.4, 0.5) is 11.4 Å². The van der Waals surface area contributed by atoms with Crippen molar-refractivity contribution < 1.29 is 4.79 Å². The van der Waals surface area contributed by atoms with E-state index in [1.54, 1.807) is 17.1 Å². The van der Waals surface area contributed by atoms with Gasteiger partial charge in [0.05, 0.1) is 0 Å². The summed E-state index contributed by atoms with van der Waals surface area (Å²) in [4.78, 5) is 15.0. The number of aromatic nitrogens is 2. The van der Waals surface area contributed by atoms with E-state index in [1.807, 2.05) is 31.2 Å². The zero-order valence-electron chi connectivity index (χ0n) is 14.6. The number of anilines is 2. The molecule has 1 saturated carbocycles. The molecule has 2 fully saturated rings. The van der Waals surface area contributed by atoms with Crippen LogP contribution in [-0.4, -0.2) is 45.8 Å². The van der Waals surface area contributed by atoms with Crippen LogP contribution in [0, 0.1) is 0 Å². The Morgan fingerprint density at radius 3 is 2.84 bits per heavy atom. The lowest BCUT2D eigenvalue weighted by atomic mass is 10.2. The first-order chi connectivity index (χ1) is 12.2. The van der Waals surface area contributed by atoms with Gasteiger partial charge in [0.25, 0.3) is 0 Å². The number of amides is 1. The van der Waals surface area contributed by atoms with Gasteiger partial charge in [-0.2, -0.15) is 5.10 Å². The molecule has 2 heterocycles. The molecule has 2 aliphatic rings. The fraction of sp³-hybridized carbons (Fsp3) is 0.474. The van der Waals surface area contributed by atoms with Gasteiger partial charge in [-0.3, -0.25) is 14.4 Å². The van der Waals surface area contributed by atoms with Gasteiger partial charge in [0, 0.05) is 48.9 Å². The van der Waals surface area contributed by atoms with E-state index in [9.17, 15) is 4.79 Å². The summed E-state index contributed by atoms with van der Waals surface area (Å²) in [7, 11) is 0. The van der Waals surface area contributed by atoms with Crippen LogP contribution in [0.5, 0.6) is 0 Å². The van der Waals surface area contributed by atoms with Crippen molar-refractivity contribution in [3.05, 3.63) is 42.7 Å². The van der Waals surface area contributed by atoms with Crippen molar-refractivity contribution >= 4 is 17.3 Å². The predicted molar refractivity (Wildman–Crippen MR) is 98.6 cm³/mol. The Bertz CT molecular complexity index is 725. The molecule has 0 bridgehead atoms. The summed E-state index contributed by atoms with van der Waals surface area (Å²) in [6, 6.07) is 10.8. The maximum absolute atomic E-state index is 12.4. The number of likely N-dealkylation sites (tertiary alicyclic amines) is 1. The number of hydrogen-bond acceptors (Lipinski definition) is 4. The fourth-order valence-corrected chi connectivity index (χ4v) is 3.48. The molecule has 0 radical (unpaired) electrons. The van der Waals surface area contributed by atoms with Crippen LogP contribution in [0.25, 0.3) is 0 Å². The predicted octanol–water partition coefficient (Wildman–Crippen LogP) is 2.73. The van der Waals surface area contributed by atoms with Gasteiger partial charge < -0.3 is 10.6 Å². The monoisotopic (exact) mass is 339 g/mol. The van der Waals surface area contributed by atoms with Crippen molar-refractivity contribution in [3.8, 4) is 0 Å². The molecule has 1 saturated heterocycles. The largest absolute Gasteiger partial charge is 0.381 e. The highest BCUT2D eigenvalue weighted by Gasteiger charge is 2.34. The summed E-state index contributed by atoms with van der Waals surface area (Å²) in [5, 5.41) is 10.7. The van der Waals surface area contributed by atoms with Crippen molar-refractivity contribution in [1.82, 2.24) is 14.7 Å². The van der Waals surface area contributed by atoms with Crippen molar-refractivity contribution in [1.29, 1.82) is 0 Å². The molecule has 4 rings (SSSR count). The maximum Gasteiger partial charge on any atom is 0.248 e. The molecule has 6 heteroatoms. The van der Waals surface area contributed by atoms with Crippen molar-refractivity contribution in [2.45, 2.75) is 44.3 Å². The maximum atomic E-state index is 12.4. The van der Waals surface area contributed by atoms with Crippen LogP contribution < -0.4 is 10.6 Å². The summed E-state index contributed by atoms with van der Waals surface area (Å²) >= 11 is 0. The Morgan fingerprint density at radius 2 is 2.08 bits per heavy atom. The van der Waals surface area contributed by atoms with E-state index in [-0.39, 0.29) is 11.9 Å². The number of hydrogen-bond donors (Lipinski definition) is 2. The highest BCUT2D eigenvalue weighted by molar-refractivity contribution is 5.93. The first-order valence-corrected chi connectivity index (χ1v) is 9.10. The van der Waals surface area contributed by atoms with Gasteiger partial charge in [0.1, 0.15) is 6.04 Å². The minimum atomic E-state index is -0.339. The lowest BCUT2D eigenvalue weighted by molar-refractivity contribution is -0.119. The highest BCUT2D eigenvalue weighted by atomic mass is 16.2. The van der Waals surface area contributed by atoms with E-state index in [4.69, 9.17) is 0 Å². The average molecular weight is 339 g/mol. The molecule has 0 spiro atoms. The third-order valence-corrected chi connectivity index (χ3v) is 5.08. The minimum absolute atomic E-state index is 0.0679. The summed E-state index contributed by atoms with van der Waals surface area (Å²) in [5.74, 6) is -0.0679. The van der Waals surface area contributed by atoms with Gasteiger partial charge in [-0.05, 0) is 50.5 Å². The van der Waals surface area contributed by atoms with Crippen LogP contribution in [-0.2, 0) is 4.79 Å². The average Bonchev–Trinajstić information content (AvgIpc) is 3.12. The third-order valence-electron chi connectivity index (χ3n) is 5.08. The van der Waals surface area contributed by atoms with Gasteiger partial charge in [-0.25, -0.2) is 0 Å². The van der Waals surface area contributed by atoms with Crippen LogP contribution in [0.15, 0.2) is 42.7 Å².